The van der Waals surface area contributed by atoms with Gasteiger partial charge in [-0.25, -0.2) is 0 Å². The summed E-state index contributed by atoms with van der Waals surface area (Å²) in [7, 11) is 0. The van der Waals surface area contributed by atoms with E-state index in [1.807, 2.05) is 0 Å². The second-order valence-electron chi connectivity index (χ2n) is 36.7. The molecule has 15 aromatic carbocycles. The molecule has 0 saturated heterocycles. The summed E-state index contributed by atoms with van der Waals surface area (Å²) in [5.74, 6) is 0. The molecule has 0 unspecified atom stereocenters. The van der Waals surface area contributed by atoms with Crippen LogP contribution in [0.1, 0.15) is 113 Å². The van der Waals surface area contributed by atoms with Gasteiger partial charge in [-0.3, -0.25) is 0 Å². The Morgan fingerprint density at radius 3 is 1.16 bits per heavy atom. The van der Waals surface area contributed by atoms with Gasteiger partial charge in [0.25, 0.3) is 0 Å². The van der Waals surface area contributed by atoms with E-state index in [1.165, 1.54) is 66.8 Å². The van der Waals surface area contributed by atoms with E-state index in [2.05, 4.69) is 474 Å². The van der Waals surface area contributed by atoms with Crippen molar-refractivity contribution in [3.8, 4) is 145 Å². The number of rotatable bonds is 17. The van der Waals surface area contributed by atoms with Gasteiger partial charge in [0, 0.05) is 57.5 Å². The molecule has 614 valence electrons. The van der Waals surface area contributed by atoms with Gasteiger partial charge >= 0.3 is 20.1 Å². The zero-order chi connectivity index (χ0) is 85.7. The van der Waals surface area contributed by atoms with E-state index in [9.17, 15) is 0 Å². The van der Waals surface area contributed by atoms with Crippen LogP contribution in [0.5, 0.6) is 0 Å². The van der Waals surface area contributed by atoms with Crippen molar-refractivity contribution in [3.05, 3.63) is 439 Å². The average molecular weight is 1810 g/mol. The first-order valence-electron chi connectivity index (χ1n) is 44.1. The summed E-state index contributed by atoms with van der Waals surface area (Å²) in [4.78, 5) is 21.0. The van der Waals surface area contributed by atoms with Crippen LogP contribution in [0.2, 0.25) is 0 Å². The fourth-order valence-corrected chi connectivity index (χ4v) is 20.4. The van der Waals surface area contributed by atoms with Crippen LogP contribution in [0.15, 0.2) is 377 Å². The molecular formula is C121H96IrN5. The molecule has 0 fully saturated rings. The molecule has 127 heavy (non-hydrogen) atoms. The van der Waals surface area contributed by atoms with Gasteiger partial charge in [-0.1, -0.05) is 322 Å². The first-order chi connectivity index (χ1) is 61.3. The fourth-order valence-electron chi connectivity index (χ4n) is 20.4. The Morgan fingerprint density at radius 2 is 0.661 bits per heavy atom. The Labute approximate surface area is 761 Å². The maximum absolute atomic E-state index is 5.47. The van der Waals surface area contributed by atoms with Crippen LogP contribution < -0.4 is 9.80 Å². The molecule has 18 aromatic rings. The van der Waals surface area contributed by atoms with Crippen molar-refractivity contribution in [1.29, 1.82) is 0 Å². The molecule has 3 heterocycles. The first kappa shape index (κ1) is 81.4. The molecule has 0 N–H and O–H groups in total. The number of pyridine rings is 3. The molecule has 0 aliphatic heterocycles. The van der Waals surface area contributed by atoms with Crippen LogP contribution >= 0.6 is 0 Å². The van der Waals surface area contributed by atoms with Gasteiger partial charge in [0.2, 0.25) is 0 Å². The average Bonchev–Trinajstić information content (AvgIpc) is 1.59. The fraction of sp³-hybridized carbons (Fsp3) is 0.132. The third-order valence-corrected chi connectivity index (χ3v) is 27.3. The minimum absolute atomic E-state index is 0. The molecule has 0 amide bonds. The van der Waals surface area contributed by atoms with E-state index in [0.29, 0.717) is 0 Å². The normalized spacial score (nSPS) is 13.9. The van der Waals surface area contributed by atoms with Crippen LogP contribution in [0, 0.1) is 32.0 Å². The Hall–Kier alpha value is -14.0. The summed E-state index contributed by atoms with van der Waals surface area (Å²) >= 11 is 0. The van der Waals surface area contributed by atoms with Crippen molar-refractivity contribution in [3.63, 3.8) is 0 Å². The number of anilines is 6. The largest absolute Gasteiger partial charge is 3.00 e. The van der Waals surface area contributed by atoms with E-state index in [1.54, 1.807) is 0 Å². The van der Waals surface area contributed by atoms with Crippen molar-refractivity contribution in [1.82, 2.24) is 15.0 Å². The number of fused-ring (bicyclic) bond motifs is 7. The van der Waals surface area contributed by atoms with Gasteiger partial charge in [0.15, 0.2) is 0 Å². The standard InChI is InChI=1S/C121H96N5.Ir/c1-78-68-112(84-35-27-37-94(72-84)125(92-59-53-82(54-60-92)80-31-13-11-14-32-80)113-51-29-49-108-115(113)102-45-23-25-47-105(102)120(108,7)8)123-77-104(78)101-44-22-21-42-99(101)90-70-88(97-40-18-17-39-96(97)87-58-64-111(122-75-87)85-57-63-107-110(74-85)119(5,6)66-65-118(107,3)4)69-89(71-90)98-41-19-20-43-100(98)91-67-79(2)117(124-76-91)86-36-28-38-95(73-86)126(93-61-55-83(56-62-93)81-33-15-12-16-34-81)114-52-30-50-109-116(114)103-46-24-26-48-106(103)121(109,9)10;/h11-34,37-56,58-64,67-77H,65-66H2,1-10H3;/q-3;+3. The summed E-state index contributed by atoms with van der Waals surface area (Å²) in [6, 6.07) is 142. The molecule has 3 aromatic heterocycles. The SMILES string of the molecule is Cc1cc(-c2[c-]ccc(N(c3ccc(-c4ccccc4)cc3)c3cccc4c3-c3ccccc3C4(C)C)c2)ncc1-c1ccccc1-c1cc(-c2ccccc2-c2ccc(-c3[c-]cc4c(c3)C(C)(C)CCC4(C)C)nc2)cc(-c2ccccc2-c2cnc(-c3[c-]ccc(N(c4ccc(-c5ccccc5)cc4)c4cccc5c4-c4ccccc4C5(C)C)c3)c(C)c2)c1.[Ir+3]. The van der Waals surface area contributed by atoms with Crippen molar-refractivity contribution < 1.29 is 20.1 Å². The van der Waals surface area contributed by atoms with Gasteiger partial charge in [0.1, 0.15) is 0 Å². The second-order valence-corrected chi connectivity index (χ2v) is 36.7. The second kappa shape index (κ2) is 32.5. The maximum Gasteiger partial charge on any atom is 3.00 e. The van der Waals surface area contributed by atoms with Crippen molar-refractivity contribution in [2.75, 3.05) is 9.80 Å². The summed E-state index contributed by atoms with van der Waals surface area (Å²) in [6.45, 7) is 23.3. The van der Waals surface area contributed by atoms with Gasteiger partial charge in [-0.15, -0.1) is 94.5 Å². The molecule has 0 bridgehead atoms. The summed E-state index contributed by atoms with van der Waals surface area (Å²) in [6.07, 6.45) is 8.47. The summed E-state index contributed by atoms with van der Waals surface area (Å²) < 4.78 is 0. The Bertz CT molecular complexity index is 7280. The molecule has 3 aliphatic rings. The van der Waals surface area contributed by atoms with Crippen molar-refractivity contribution in [2.24, 2.45) is 0 Å². The number of aromatic nitrogens is 3. The number of hydrogen-bond acceptors (Lipinski definition) is 5. The van der Waals surface area contributed by atoms with E-state index < -0.39 is 0 Å². The van der Waals surface area contributed by atoms with Crippen molar-refractivity contribution >= 4 is 34.1 Å². The van der Waals surface area contributed by atoms with Crippen LogP contribution in [-0.2, 0) is 41.8 Å². The van der Waals surface area contributed by atoms with E-state index in [0.717, 1.165) is 170 Å². The smallest absolute Gasteiger partial charge is 0.328 e. The van der Waals surface area contributed by atoms with Crippen LogP contribution in [0.25, 0.3) is 145 Å². The quantitative estimate of drug-likeness (QED) is 0.0850. The topological polar surface area (TPSA) is 45.2 Å². The predicted octanol–water partition coefficient (Wildman–Crippen LogP) is 32.1. The number of benzene rings is 15. The van der Waals surface area contributed by atoms with Crippen LogP contribution in [-0.4, -0.2) is 15.0 Å². The molecule has 5 nitrogen and oxygen atoms in total. The van der Waals surface area contributed by atoms with Gasteiger partial charge < -0.3 is 24.8 Å². The molecule has 0 spiro atoms. The number of nitrogens with zero attached hydrogens (tertiary/aromatic N) is 5. The number of aryl methyl sites for hydroxylation is 2. The molecule has 0 saturated carbocycles. The Kier molecular flexibility index (Phi) is 20.8. The monoisotopic (exact) mass is 1810 g/mol. The minimum Gasteiger partial charge on any atom is -0.328 e. The van der Waals surface area contributed by atoms with E-state index in [-0.39, 0.29) is 41.8 Å². The molecule has 21 rings (SSSR count). The van der Waals surface area contributed by atoms with Crippen LogP contribution in [0.3, 0.4) is 0 Å². The third-order valence-electron chi connectivity index (χ3n) is 27.3. The third kappa shape index (κ3) is 14.6. The van der Waals surface area contributed by atoms with E-state index in [4.69, 9.17) is 15.0 Å². The maximum atomic E-state index is 5.47. The molecule has 0 radical (unpaired) electrons. The van der Waals surface area contributed by atoms with Crippen LogP contribution in [0.4, 0.5) is 34.1 Å². The summed E-state index contributed by atoms with van der Waals surface area (Å²) in [5, 5.41) is 0. The minimum atomic E-state index is -0.184. The summed E-state index contributed by atoms with van der Waals surface area (Å²) in [5.41, 5.74) is 44.4. The molecule has 3 aliphatic carbocycles. The zero-order valence-electron chi connectivity index (χ0n) is 73.3. The van der Waals surface area contributed by atoms with Crippen molar-refractivity contribution in [2.45, 2.75) is 104 Å². The zero-order valence-corrected chi connectivity index (χ0v) is 75.7. The van der Waals surface area contributed by atoms with Gasteiger partial charge in [-0.2, -0.15) is 0 Å². The molecular weight excluding hydrogens is 1720 g/mol. The number of hydrogen-bond donors (Lipinski definition) is 0. The van der Waals surface area contributed by atoms with Gasteiger partial charge in [0.05, 0.1) is 11.4 Å². The van der Waals surface area contributed by atoms with E-state index >= 15 is 0 Å². The predicted molar refractivity (Wildman–Crippen MR) is 525 cm³/mol. The first-order valence-corrected chi connectivity index (χ1v) is 44.1. The Balaban J connectivity index is 0.0000102. The van der Waals surface area contributed by atoms with Gasteiger partial charge in [-0.05, 0) is 237 Å². The molecule has 6 heteroatoms. The molecule has 0 atom stereocenters. The Morgan fingerprint density at radius 1 is 0.260 bits per heavy atom.